The van der Waals surface area contributed by atoms with E-state index in [0.717, 1.165) is 54.9 Å². The molecule has 5 heteroatoms. The molecular weight excluding hydrogens is 415 g/mol. The zero-order valence-electron chi connectivity index (χ0n) is 19.9. The molecule has 1 saturated heterocycles. The molecule has 0 amide bonds. The minimum Gasteiger partial charge on any atom is -0.383 e. The molecule has 0 radical (unpaired) electrons. The Bertz CT molecular complexity index is 906. The minimum absolute atomic E-state index is 0. The summed E-state index contributed by atoms with van der Waals surface area (Å²) in [5.74, 6) is 0. The Hall–Kier alpha value is -2.50. The van der Waals surface area contributed by atoms with Crippen molar-refractivity contribution in [1.82, 2.24) is 15.2 Å². The van der Waals surface area contributed by atoms with Gasteiger partial charge in [0.2, 0.25) is 0 Å². The van der Waals surface area contributed by atoms with Crippen LogP contribution in [0.3, 0.4) is 0 Å². The number of benzene rings is 1. The number of allylic oxidation sites excluding steroid dienone is 3. The molecule has 1 aliphatic rings. The Morgan fingerprint density at radius 2 is 1.85 bits per heavy atom. The van der Waals surface area contributed by atoms with Crippen molar-refractivity contribution in [2.24, 2.45) is 5.73 Å². The van der Waals surface area contributed by atoms with Gasteiger partial charge in [0.15, 0.2) is 0 Å². The molecule has 3 N–H and O–H groups in total. The van der Waals surface area contributed by atoms with Crippen LogP contribution in [0.4, 0.5) is 0 Å². The zero-order valence-corrected chi connectivity index (χ0v) is 21.9. The number of rotatable bonds is 10. The van der Waals surface area contributed by atoms with Crippen molar-refractivity contribution in [3.63, 3.8) is 0 Å². The van der Waals surface area contributed by atoms with E-state index in [1.165, 1.54) is 5.56 Å². The minimum atomic E-state index is 0. The molecule has 1 aliphatic heterocycles. The van der Waals surface area contributed by atoms with E-state index in [9.17, 15) is 0 Å². The van der Waals surface area contributed by atoms with E-state index < -0.39 is 0 Å². The number of likely N-dealkylation sites (tertiary alicyclic amines) is 1. The van der Waals surface area contributed by atoms with Crippen LogP contribution < -0.4 is 40.6 Å². The van der Waals surface area contributed by atoms with Crippen LogP contribution in [0, 0.1) is 6.54 Å². The summed E-state index contributed by atoms with van der Waals surface area (Å²) in [5.41, 5.74) is 10.8. The summed E-state index contributed by atoms with van der Waals surface area (Å²) in [6.45, 7) is 19.4. The predicted octanol–water partition coefficient (Wildman–Crippen LogP) is 2.16. The van der Waals surface area contributed by atoms with Crippen LogP contribution >= 0.6 is 0 Å². The average Bonchev–Trinajstić information content (AvgIpc) is 3.33. The van der Waals surface area contributed by atoms with Gasteiger partial charge in [0, 0.05) is 43.3 Å². The molecule has 0 aliphatic carbocycles. The molecule has 3 rings (SSSR count). The first-order valence-electron chi connectivity index (χ1n) is 10.9. The van der Waals surface area contributed by atoms with Crippen molar-refractivity contribution in [1.29, 1.82) is 0 Å². The molecule has 2 aromatic rings. The second kappa shape index (κ2) is 16.2. The first-order valence-corrected chi connectivity index (χ1v) is 10.9. The van der Waals surface area contributed by atoms with Crippen LogP contribution in [0.15, 0.2) is 116 Å². The van der Waals surface area contributed by atoms with Gasteiger partial charge in [0.1, 0.15) is 0 Å². The monoisotopic (exact) mass is 450 g/mol. The topological polar surface area (TPSA) is 54.2 Å². The molecule has 1 aromatic carbocycles. The normalized spacial score (nSPS) is 14.8. The van der Waals surface area contributed by atoms with Gasteiger partial charge in [-0.2, -0.15) is 17.7 Å². The molecule has 0 bridgehead atoms. The molecule has 4 nitrogen and oxygen atoms in total. The van der Waals surface area contributed by atoms with E-state index in [-0.39, 0.29) is 29.6 Å². The number of pyridine rings is 1. The molecule has 0 saturated carbocycles. The summed E-state index contributed by atoms with van der Waals surface area (Å²) in [5, 5.41) is 3.43. The van der Waals surface area contributed by atoms with Crippen LogP contribution in [0.1, 0.15) is 24.0 Å². The number of nitrogens with zero attached hydrogens (tertiary/aromatic N) is 2. The molecule has 1 atom stereocenters. The fraction of sp³-hybridized carbons (Fsp3) is 0.214. The van der Waals surface area contributed by atoms with Crippen molar-refractivity contribution in [2.75, 3.05) is 13.1 Å². The van der Waals surface area contributed by atoms with Gasteiger partial charge in [-0.15, -0.1) is 18.7 Å². The maximum absolute atomic E-state index is 5.22. The van der Waals surface area contributed by atoms with E-state index in [2.05, 4.69) is 41.5 Å². The van der Waals surface area contributed by atoms with Crippen molar-refractivity contribution in [3.8, 4) is 0 Å². The fourth-order valence-electron chi connectivity index (χ4n) is 3.59. The van der Waals surface area contributed by atoms with Crippen LogP contribution in [-0.4, -0.2) is 29.0 Å². The second-order valence-corrected chi connectivity index (χ2v) is 7.59. The number of hydrogen-bond donors (Lipinski definition) is 2. The van der Waals surface area contributed by atoms with E-state index in [4.69, 9.17) is 5.73 Å². The van der Waals surface area contributed by atoms with Crippen LogP contribution in [-0.2, 0) is 6.42 Å². The summed E-state index contributed by atoms with van der Waals surface area (Å²) >= 11 is 0. The zero-order chi connectivity index (χ0) is 23.2. The third-order valence-electron chi connectivity index (χ3n) is 5.32. The predicted molar refractivity (Wildman–Crippen MR) is 136 cm³/mol. The Balaban J connectivity index is 0.000000511. The number of hydrogen-bond acceptors (Lipinski definition) is 4. The Morgan fingerprint density at radius 3 is 2.42 bits per heavy atom. The third-order valence-corrected chi connectivity index (χ3v) is 5.32. The first-order chi connectivity index (χ1) is 15.6. The molecule has 1 fully saturated rings. The number of nitrogens with two attached hydrogens (primary N) is 1. The summed E-state index contributed by atoms with van der Waals surface area (Å²) in [6, 6.07) is 14.2. The van der Waals surface area contributed by atoms with Gasteiger partial charge in [0.05, 0.1) is 6.04 Å². The second-order valence-electron chi connectivity index (χ2n) is 7.59. The van der Waals surface area contributed by atoms with Crippen LogP contribution in [0.5, 0.6) is 0 Å². The Morgan fingerprint density at radius 1 is 1.15 bits per heavy atom. The fourth-order valence-corrected chi connectivity index (χ4v) is 3.59. The molecule has 33 heavy (non-hydrogen) atoms. The number of nitrogens with one attached hydrogen (secondary N) is 1. The van der Waals surface area contributed by atoms with E-state index in [0.29, 0.717) is 6.04 Å². The van der Waals surface area contributed by atoms with E-state index in [1.807, 2.05) is 67.0 Å². The standard InChI is InChI=1S/C21H27N3.C7H8N.Na/c1-5-8-19(6-2)16-23-18(4)21-9-7-14-24(21)17(3)15-20-10-12-22-13-11-20;8-6-7-4-2-1-3-5-7;/h5-6,8,10-13,21,23H,1-4,7,9,14-16H2;1-6H,8H2;/q;-1;+1/b19-8+;;. The summed E-state index contributed by atoms with van der Waals surface area (Å²) in [6.07, 6.45) is 12.4. The Kier molecular flexibility index (Phi) is 14.0. The van der Waals surface area contributed by atoms with Gasteiger partial charge >= 0.3 is 29.6 Å². The average molecular weight is 451 g/mol. The maximum Gasteiger partial charge on any atom is 1.00 e. The smallest absolute Gasteiger partial charge is 0.383 e. The van der Waals surface area contributed by atoms with Crippen molar-refractivity contribution >= 4 is 0 Å². The van der Waals surface area contributed by atoms with Gasteiger partial charge in [-0.1, -0.05) is 50.6 Å². The molecule has 1 aromatic heterocycles. The first kappa shape index (κ1) is 28.5. The van der Waals surface area contributed by atoms with Crippen LogP contribution in [0.25, 0.3) is 0 Å². The van der Waals surface area contributed by atoms with Crippen molar-refractivity contribution in [2.45, 2.75) is 25.3 Å². The molecule has 168 valence electrons. The van der Waals surface area contributed by atoms with Crippen LogP contribution in [0.2, 0.25) is 0 Å². The van der Waals surface area contributed by atoms with Gasteiger partial charge in [-0.3, -0.25) is 4.98 Å². The summed E-state index contributed by atoms with van der Waals surface area (Å²) < 4.78 is 0. The summed E-state index contributed by atoms with van der Waals surface area (Å²) in [4.78, 5) is 6.45. The maximum atomic E-state index is 5.22. The third kappa shape index (κ3) is 9.89. The van der Waals surface area contributed by atoms with Gasteiger partial charge in [0.25, 0.3) is 0 Å². The van der Waals surface area contributed by atoms with Crippen molar-refractivity contribution < 1.29 is 29.6 Å². The molecule has 0 spiro atoms. The van der Waals surface area contributed by atoms with E-state index in [1.54, 1.807) is 12.6 Å². The molecule has 1 unspecified atom stereocenters. The van der Waals surface area contributed by atoms with E-state index >= 15 is 0 Å². The molecule has 2 heterocycles. The number of aromatic nitrogens is 1. The Labute approximate surface area is 222 Å². The summed E-state index contributed by atoms with van der Waals surface area (Å²) in [7, 11) is 0. The van der Waals surface area contributed by atoms with Gasteiger partial charge in [-0.05, 0) is 36.1 Å². The van der Waals surface area contributed by atoms with Crippen molar-refractivity contribution in [3.05, 3.63) is 134 Å². The van der Waals surface area contributed by atoms with Gasteiger partial charge < -0.3 is 16.0 Å². The SMILES string of the molecule is C=C/C=C(\C=C)CNC(=C)C1CCCN1C(=C)Cc1ccncc1.N[CH-]c1ccccc1.[Na+]. The quantitative estimate of drug-likeness (QED) is 0.331. The molecular formula is C28H35N4Na. The largest absolute Gasteiger partial charge is 1.00 e. The van der Waals surface area contributed by atoms with Gasteiger partial charge in [-0.25, -0.2) is 0 Å².